The fraction of sp³-hybridized carbons (Fsp3) is 0.690. The van der Waals surface area contributed by atoms with Gasteiger partial charge in [-0.15, -0.1) is 0 Å². The lowest BCUT2D eigenvalue weighted by Crippen LogP contribution is -2.68. The molecule has 21 nitrogen and oxygen atoms in total. The molecule has 3 N–H and O–H groups in total. The van der Waals surface area contributed by atoms with E-state index in [0.717, 1.165) is 10.5 Å². The molecule has 1 aromatic carbocycles. The van der Waals surface area contributed by atoms with Crippen LogP contribution in [-0.4, -0.2) is 127 Å². The standard InChI is InChI=1S/C29H40N10O11/c1-29(43)14-47-27(21(41)24(29)39(2)28(42)46-13-15-8-6-5-7-9-15)50-23-18(35-38-32)12-17(34-37-31)22(20(23)40)49-25-16(33-36-30)10-11-19(48-25)26(44-3)45-4/h5-9,11,16-18,20-27,40-41,43H,10,12-14H2,1-4H3/t16-,17+,18-,20+,21-,22-,23+,24-,25-,27-,29+/m1/s1. The molecule has 21 heteroatoms. The highest BCUT2D eigenvalue weighted by Gasteiger charge is 2.54. The number of aliphatic hydroxyl groups is 3. The smallest absolute Gasteiger partial charge is 0.410 e. The molecule has 0 aromatic heterocycles. The SMILES string of the molecule is COC(OC)C1=CC[C@@H](N=[N+]=[N-])[C@@H](O[C@H]2[C@H](O)[C@@H](O[C@H]3OC[C@](C)(O)[C@H](N(C)C(=O)OCc4ccccc4)[C@H]3O)[C@H](N=[N+]=[N-])C[C@@H]2N=[N+]=[N-])O1. The van der Waals surface area contributed by atoms with Gasteiger partial charge in [0, 0.05) is 36.0 Å². The van der Waals surface area contributed by atoms with Crippen LogP contribution in [0.4, 0.5) is 4.79 Å². The maximum absolute atomic E-state index is 13.0. The number of methoxy groups -OCH3 is 2. The van der Waals surface area contributed by atoms with Crippen LogP contribution < -0.4 is 0 Å². The van der Waals surface area contributed by atoms with Crippen LogP contribution in [-0.2, 0) is 39.8 Å². The molecule has 0 bridgehead atoms. The molecule has 0 unspecified atom stereocenters. The normalized spacial score (nSPS) is 33.8. The summed E-state index contributed by atoms with van der Waals surface area (Å²) in [6.45, 7) is 0.863. The van der Waals surface area contributed by atoms with E-state index in [2.05, 4.69) is 30.1 Å². The van der Waals surface area contributed by atoms with Gasteiger partial charge in [-0.3, -0.25) is 0 Å². The summed E-state index contributed by atoms with van der Waals surface area (Å²) in [5, 5.41) is 45.5. The molecule has 1 saturated carbocycles. The van der Waals surface area contributed by atoms with Gasteiger partial charge in [-0.05, 0) is 48.0 Å². The summed E-state index contributed by atoms with van der Waals surface area (Å²) >= 11 is 0. The van der Waals surface area contributed by atoms with Crippen molar-refractivity contribution >= 4 is 6.09 Å². The quantitative estimate of drug-likeness (QED) is 0.116. The van der Waals surface area contributed by atoms with Crippen LogP contribution in [0.15, 0.2) is 57.5 Å². The summed E-state index contributed by atoms with van der Waals surface area (Å²) in [6, 6.07) is 4.30. The first-order chi connectivity index (χ1) is 24.0. The molecule has 2 heterocycles. The number of rotatable bonds is 13. The van der Waals surface area contributed by atoms with Crippen LogP contribution in [0.5, 0.6) is 0 Å². The summed E-state index contributed by atoms with van der Waals surface area (Å²) in [7, 11) is 4.09. The lowest BCUT2D eigenvalue weighted by Gasteiger charge is -2.49. The fourth-order valence-corrected chi connectivity index (χ4v) is 6.20. The number of carbonyl (C=O) groups is 1. The fourth-order valence-electron chi connectivity index (χ4n) is 6.20. The van der Waals surface area contributed by atoms with E-state index in [9.17, 15) is 31.2 Å². The number of amides is 1. The molecule has 11 atom stereocenters. The molecule has 2 aliphatic heterocycles. The van der Waals surface area contributed by atoms with Crippen LogP contribution in [0.2, 0.25) is 0 Å². The van der Waals surface area contributed by atoms with E-state index < -0.39 is 85.8 Å². The summed E-state index contributed by atoms with van der Waals surface area (Å²) in [5.74, 6) is 0.193. The Morgan fingerprint density at radius 1 is 0.980 bits per heavy atom. The summed E-state index contributed by atoms with van der Waals surface area (Å²) in [5.41, 5.74) is 26.8. The molecular formula is C29H40N10O11. The Morgan fingerprint density at radius 2 is 1.56 bits per heavy atom. The van der Waals surface area contributed by atoms with Gasteiger partial charge in [0.1, 0.15) is 30.5 Å². The molecule has 272 valence electrons. The second-order valence-electron chi connectivity index (χ2n) is 12.0. The lowest BCUT2D eigenvalue weighted by molar-refractivity contribution is -0.310. The lowest BCUT2D eigenvalue weighted by atomic mass is 9.83. The van der Waals surface area contributed by atoms with Gasteiger partial charge in [0.05, 0.1) is 36.9 Å². The van der Waals surface area contributed by atoms with Crippen molar-refractivity contribution in [3.8, 4) is 0 Å². The minimum atomic E-state index is -1.78. The van der Waals surface area contributed by atoms with Gasteiger partial charge in [-0.25, -0.2) is 4.79 Å². The first kappa shape index (κ1) is 38.4. The number of nitrogens with zero attached hydrogens (tertiary/aromatic N) is 10. The number of azide groups is 3. The van der Waals surface area contributed by atoms with Crippen molar-refractivity contribution in [1.82, 2.24) is 4.90 Å². The van der Waals surface area contributed by atoms with Gasteiger partial charge in [-0.2, -0.15) is 0 Å². The number of benzene rings is 1. The van der Waals surface area contributed by atoms with Crippen molar-refractivity contribution in [2.75, 3.05) is 27.9 Å². The third kappa shape index (κ3) is 8.86. The zero-order valence-electron chi connectivity index (χ0n) is 27.7. The predicted molar refractivity (Wildman–Crippen MR) is 169 cm³/mol. The zero-order chi connectivity index (χ0) is 36.4. The number of aliphatic hydroxyl groups excluding tert-OH is 2. The Bertz CT molecular complexity index is 1480. The second kappa shape index (κ2) is 17.5. The first-order valence-corrected chi connectivity index (χ1v) is 15.5. The average Bonchev–Trinajstić information content (AvgIpc) is 3.10. The van der Waals surface area contributed by atoms with Crippen molar-refractivity contribution < 1.29 is 53.3 Å². The molecular weight excluding hydrogens is 664 g/mol. The zero-order valence-corrected chi connectivity index (χ0v) is 27.7. The third-order valence-electron chi connectivity index (χ3n) is 8.57. The Kier molecular flexibility index (Phi) is 13.5. The Hall–Kier alpha value is -4.36. The summed E-state index contributed by atoms with van der Waals surface area (Å²) in [4.78, 5) is 22.6. The average molecular weight is 705 g/mol. The van der Waals surface area contributed by atoms with Crippen molar-refractivity contribution in [1.29, 1.82) is 0 Å². The Labute approximate surface area is 286 Å². The largest absolute Gasteiger partial charge is 0.464 e. The van der Waals surface area contributed by atoms with Gasteiger partial charge in [-0.1, -0.05) is 45.7 Å². The Balaban J connectivity index is 1.57. The van der Waals surface area contributed by atoms with E-state index in [-0.39, 0.29) is 25.2 Å². The van der Waals surface area contributed by atoms with Gasteiger partial charge < -0.3 is 53.4 Å². The van der Waals surface area contributed by atoms with E-state index in [1.807, 2.05) is 6.07 Å². The van der Waals surface area contributed by atoms with Crippen LogP contribution >= 0.6 is 0 Å². The van der Waals surface area contributed by atoms with Crippen molar-refractivity contribution in [3.63, 3.8) is 0 Å². The number of hydrogen-bond donors (Lipinski definition) is 3. The van der Waals surface area contributed by atoms with Gasteiger partial charge in [0.15, 0.2) is 12.0 Å². The first-order valence-electron chi connectivity index (χ1n) is 15.5. The van der Waals surface area contributed by atoms with Crippen molar-refractivity contribution in [2.24, 2.45) is 15.3 Å². The summed E-state index contributed by atoms with van der Waals surface area (Å²) < 4.78 is 39.6. The number of carbonyl (C=O) groups excluding carboxylic acids is 1. The molecule has 1 aliphatic carbocycles. The van der Waals surface area contributed by atoms with E-state index in [0.29, 0.717) is 0 Å². The molecule has 50 heavy (non-hydrogen) atoms. The second-order valence-corrected chi connectivity index (χ2v) is 12.0. The van der Waals surface area contributed by atoms with E-state index in [1.165, 1.54) is 28.2 Å². The van der Waals surface area contributed by atoms with Crippen molar-refractivity contribution in [3.05, 3.63) is 79.1 Å². The van der Waals surface area contributed by atoms with Gasteiger partial charge >= 0.3 is 6.09 Å². The van der Waals surface area contributed by atoms with Crippen LogP contribution in [0.3, 0.4) is 0 Å². The molecule has 0 radical (unpaired) electrons. The minimum Gasteiger partial charge on any atom is -0.464 e. The van der Waals surface area contributed by atoms with Crippen LogP contribution in [0.1, 0.15) is 25.3 Å². The Morgan fingerprint density at radius 3 is 2.14 bits per heavy atom. The molecule has 2 fully saturated rings. The molecule has 1 aromatic rings. The van der Waals surface area contributed by atoms with Crippen molar-refractivity contribution in [2.45, 2.75) is 99.4 Å². The molecule has 1 saturated heterocycles. The van der Waals surface area contributed by atoms with Gasteiger partial charge in [0.2, 0.25) is 12.6 Å². The van der Waals surface area contributed by atoms with Crippen LogP contribution in [0.25, 0.3) is 31.3 Å². The topological polar surface area (TPSA) is 292 Å². The highest BCUT2D eigenvalue weighted by molar-refractivity contribution is 5.68. The van der Waals surface area contributed by atoms with E-state index in [1.54, 1.807) is 30.3 Å². The van der Waals surface area contributed by atoms with Crippen LogP contribution in [0, 0.1) is 0 Å². The van der Waals surface area contributed by atoms with E-state index >= 15 is 0 Å². The maximum atomic E-state index is 13.0. The number of hydrogen-bond acceptors (Lipinski definition) is 14. The highest BCUT2D eigenvalue weighted by atomic mass is 16.7. The van der Waals surface area contributed by atoms with Gasteiger partial charge in [0.25, 0.3) is 0 Å². The van der Waals surface area contributed by atoms with E-state index in [4.69, 9.17) is 38.7 Å². The molecule has 4 rings (SSSR count). The molecule has 1 amide bonds. The molecule has 0 spiro atoms. The number of likely N-dealkylation sites (N-methyl/N-ethyl adjacent to an activating group) is 1. The molecule has 3 aliphatic rings. The highest BCUT2D eigenvalue weighted by Crippen LogP contribution is 2.36. The minimum absolute atomic E-state index is 0.0681. The monoisotopic (exact) mass is 704 g/mol. The maximum Gasteiger partial charge on any atom is 0.410 e. The third-order valence-corrected chi connectivity index (χ3v) is 8.57. The predicted octanol–water partition coefficient (Wildman–Crippen LogP) is 2.91. The number of ether oxygens (including phenoxy) is 7. The summed E-state index contributed by atoms with van der Waals surface area (Å²) in [6.07, 6.45) is -9.50.